The summed E-state index contributed by atoms with van der Waals surface area (Å²) < 4.78 is 15.4. The predicted molar refractivity (Wildman–Crippen MR) is 78.6 cm³/mol. The van der Waals surface area contributed by atoms with Crippen LogP contribution in [0.15, 0.2) is 4.36 Å². The number of carbonyl (C=O) groups excluding carboxylic acids is 1. The minimum atomic E-state index is -2.18. The first kappa shape index (κ1) is 14.8. The summed E-state index contributed by atoms with van der Waals surface area (Å²) in [6.45, 7) is 2.32. The second-order valence-corrected chi connectivity index (χ2v) is 9.27. The van der Waals surface area contributed by atoms with E-state index in [4.69, 9.17) is 0 Å². The minimum Gasteiger partial charge on any atom is -0.349 e. The maximum Gasteiger partial charge on any atom is 0.242 e. The lowest BCUT2D eigenvalue weighted by Gasteiger charge is -2.53. The number of carbonyl (C=O) groups is 1. The molecule has 3 fully saturated rings. The molecule has 1 amide bonds. The zero-order valence-electron chi connectivity index (χ0n) is 12.3. The molecular formula is C14H26N2O2S. The van der Waals surface area contributed by atoms with E-state index >= 15 is 0 Å². The molecule has 0 heterocycles. The Morgan fingerprint density at radius 1 is 1.16 bits per heavy atom. The van der Waals surface area contributed by atoms with Crippen LogP contribution in [0, 0.1) is 5.41 Å². The maximum atomic E-state index is 12.0. The fraction of sp³-hybridized carbons (Fsp3) is 0.929. The van der Waals surface area contributed by atoms with Crippen molar-refractivity contribution in [3.05, 3.63) is 0 Å². The summed E-state index contributed by atoms with van der Waals surface area (Å²) >= 11 is 0. The molecule has 0 aromatic carbocycles. The summed E-state index contributed by atoms with van der Waals surface area (Å²) in [5, 5.41) is 3.18. The van der Waals surface area contributed by atoms with Crippen LogP contribution in [0.1, 0.15) is 51.9 Å². The normalized spacial score (nSPS) is 34.1. The topological polar surface area (TPSA) is 58.5 Å². The number of fused-ring (bicyclic) bond motifs is 3. The molecule has 3 saturated carbocycles. The summed E-state index contributed by atoms with van der Waals surface area (Å²) in [6.07, 6.45) is 11.4. The molecule has 0 aliphatic heterocycles. The van der Waals surface area contributed by atoms with Crippen molar-refractivity contribution >= 4 is 15.6 Å². The van der Waals surface area contributed by atoms with Crippen LogP contribution in [0.25, 0.3) is 0 Å². The Kier molecular flexibility index (Phi) is 3.96. The second kappa shape index (κ2) is 5.08. The third kappa shape index (κ3) is 3.50. The molecule has 1 N–H and O–H groups in total. The molecule has 19 heavy (non-hydrogen) atoms. The number of rotatable bonds is 4. The molecule has 2 bridgehead atoms. The maximum absolute atomic E-state index is 12.0. The van der Waals surface area contributed by atoms with Gasteiger partial charge in [0.2, 0.25) is 5.91 Å². The third-order valence-corrected chi connectivity index (χ3v) is 5.83. The van der Waals surface area contributed by atoms with Gasteiger partial charge in [0.15, 0.2) is 0 Å². The molecular weight excluding hydrogens is 260 g/mol. The Morgan fingerprint density at radius 2 is 1.68 bits per heavy atom. The fourth-order valence-corrected chi connectivity index (χ4v) is 3.96. The monoisotopic (exact) mass is 286 g/mol. The lowest BCUT2D eigenvalue weighted by atomic mass is 9.56. The van der Waals surface area contributed by atoms with E-state index in [0.29, 0.717) is 5.41 Å². The van der Waals surface area contributed by atoms with Gasteiger partial charge in [0.1, 0.15) is 6.54 Å². The van der Waals surface area contributed by atoms with E-state index in [1.165, 1.54) is 25.7 Å². The SMILES string of the molecule is CCC12CCC(NC(=O)CN=S(C)(C)=O)(CC1)CC2. The number of amides is 1. The first-order chi connectivity index (χ1) is 8.78. The molecule has 0 spiro atoms. The minimum absolute atomic E-state index is 0.00584. The van der Waals surface area contributed by atoms with Gasteiger partial charge in [0, 0.05) is 27.8 Å². The van der Waals surface area contributed by atoms with Gasteiger partial charge in [-0.25, -0.2) is 4.36 Å². The Morgan fingerprint density at radius 3 is 2.11 bits per heavy atom. The van der Waals surface area contributed by atoms with Crippen molar-refractivity contribution in [2.75, 3.05) is 19.1 Å². The third-order valence-electron chi connectivity index (χ3n) is 5.08. The first-order valence-corrected chi connectivity index (χ1v) is 9.55. The van der Waals surface area contributed by atoms with E-state index in [-0.39, 0.29) is 18.0 Å². The van der Waals surface area contributed by atoms with E-state index in [9.17, 15) is 9.00 Å². The van der Waals surface area contributed by atoms with Gasteiger partial charge in [-0.15, -0.1) is 0 Å². The van der Waals surface area contributed by atoms with Gasteiger partial charge in [-0.1, -0.05) is 13.3 Å². The molecule has 0 saturated heterocycles. The zero-order valence-corrected chi connectivity index (χ0v) is 13.1. The number of nitrogens with zero attached hydrogens (tertiary/aromatic N) is 1. The summed E-state index contributed by atoms with van der Waals surface area (Å²) in [4.78, 5) is 12.0. The molecule has 3 rings (SSSR count). The Hall–Kier alpha value is -0.580. The van der Waals surface area contributed by atoms with Crippen molar-refractivity contribution in [3.63, 3.8) is 0 Å². The van der Waals surface area contributed by atoms with Gasteiger partial charge >= 0.3 is 0 Å². The second-order valence-electron chi connectivity index (χ2n) is 6.65. The highest BCUT2D eigenvalue weighted by molar-refractivity contribution is 7.92. The Labute approximate surface area is 116 Å². The van der Waals surface area contributed by atoms with Crippen molar-refractivity contribution in [1.29, 1.82) is 0 Å². The van der Waals surface area contributed by atoms with Gasteiger partial charge in [0.05, 0.1) is 0 Å². The fourth-order valence-electron chi connectivity index (χ4n) is 3.53. The van der Waals surface area contributed by atoms with E-state index in [1.807, 2.05) is 0 Å². The van der Waals surface area contributed by atoms with Gasteiger partial charge in [-0.05, 0) is 43.9 Å². The highest BCUT2D eigenvalue weighted by Crippen LogP contribution is 2.53. The largest absolute Gasteiger partial charge is 0.349 e. The van der Waals surface area contributed by atoms with Crippen LogP contribution in [-0.4, -0.2) is 34.7 Å². The molecule has 3 aliphatic rings. The average molecular weight is 286 g/mol. The van der Waals surface area contributed by atoms with E-state index in [2.05, 4.69) is 16.6 Å². The summed E-state index contributed by atoms with van der Waals surface area (Å²) in [6, 6.07) is 0. The van der Waals surface area contributed by atoms with Crippen molar-refractivity contribution < 1.29 is 9.00 Å². The van der Waals surface area contributed by atoms with Gasteiger partial charge in [0.25, 0.3) is 0 Å². The van der Waals surface area contributed by atoms with Gasteiger partial charge < -0.3 is 5.32 Å². The van der Waals surface area contributed by atoms with E-state index < -0.39 is 9.73 Å². The quantitative estimate of drug-likeness (QED) is 0.862. The van der Waals surface area contributed by atoms with E-state index in [0.717, 1.165) is 19.3 Å². The molecule has 3 aliphatic carbocycles. The van der Waals surface area contributed by atoms with Gasteiger partial charge in [-0.3, -0.25) is 9.00 Å². The molecule has 0 unspecified atom stereocenters. The lowest BCUT2D eigenvalue weighted by molar-refractivity contribution is -0.123. The summed E-state index contributed by atoms with van der Waals surface area (Å²) in [7, 11) is -2.18. The van der Waals surface area contributed by atoms with Crippen LogP contribution >= 0.6 is 0 Å². The van der Waals surface area contributed by atoms with Crippen LogP contribution in [0.5, 0.6) is 0 Å². The highest BCUT2D eigenvalue weighted by atomic mass is 32.2. The summed E-state index contributed by atoms with van der Waals surface area (Å²) in [5.74, 6) is -0.0673. The van der Waals surface area contributed by atoms with Crippen LogP contribution in [0.2, 0.25) is 0 Å². The molecule has 0 radical (unpaired) electrons. The van der Waals surface area contributed by atoms with Crippen molar-refractivity contribution in [1.82, 2.24) is 5.32 Å². The molecule has 5 heteroatoms. The van der Waals surface area contributed by atoms with Crippen molar-refractivity contribution in [2.24, 2.45) is 9.78 Å². The van der Waals surface area contributed by atoms with E-state index in [1.54, 1.807) is 12.5 Å². The average Bonchev–Trinajstić information content (AvgIpc) is 2.38. The van der Waals surface area contributed by atoms with Crippen LogP contribution < -0.4 is 5.32 Å². The first-order valence-electron chi connectivity index (χ1n) is 7.22. The highest BCUT2D eigenvalue weighted by Gasteiger charge is 2.48. The van der Waals surface area contributed by atoms with Crippen LogP contribution in [0.4, 0.5) is 0 Å². The zero-order chi connectivity index (χ0) is 14.1. The standard InChI is InChI=1S/C14H26N2O2S/c1-4-13-5-8-14(9-6-13,10-7-13)16-12(17)11-15-19(2,3)18/h4-11H2,1-3H3,(H,16,17). The van der Waals surface area contributed by atoms with Crippen LogP contribution in [0.3, 0.4) is 0 Å². The van der Waals surface area contributed by atoms with Gasteiger partial charge in [-0.2, -0.15) is 0 Å². The lowest BCUT2D eigenvalue weighted by Crippen LogP contribution is -2.57. The van der Waals surface area contributed by atoms with Crippen molar-refractivity contribution in [2.45, 2.75) is 57.4 Å². The van der Waals surface area contributed by atoms with Crippen molar-refractivity contribution in [3.8, 4) is 0 Å². The predicted octanol–water partition coefficient (Wildman–Crippen LogP) is 2.33. The number of hydrogen-bond donors (Lipinski definition) is 1. The number of hydrogen-bond acceptors (Lipinski definition) is 3. The Bertz CT molecular complexity index is 445. The molecule has 0 aromatic heterocycles. The summed E-state index contributed by atoms with van der Waals surface area (Å²) in [5.41, 5.74) is 0.559. The molecule has 110 valence electrons. The molecule has 0 atom stereocenters. The molecule has 0 aromatic rings. The smallest absolute Gasteiger partial charge is 0.242 e. The number of nitrogens with one attached hydrogen (secondary N) is 1. The van der Waals surface area contributed by atoms with Crippen LogP contribution in [-0.2, 0) is 14.5 Å². The Balaban J connectivity index is 1.94. The molecule has 4 nitrogen and oxygen atoms in total.